The molecule has 2 heterocycles. The number of carbonyl (C=O) groups is 1. The summed E-state index contributed by atoms with van der Waals surface area (Å²) in [4.78, 5) is 17.6. The lowest BCUT2D eigenvalue weighted by molar-refractivity contribution is 0.0948. The number of aromatic nitrogens is 2. The van der Waals surface area contributed by atoms with Crippen LogP contribution in [0.15, 0.2) is 35.7 Å². The van der Waals surface area contributed by atoms with Gasteiger partial charge in [-0.15, -0.1) is 11.3 Å². The van der Waals surface area contributed by atoms with Crippen LogP contribution in [0.4, 0.5) is 0 Å². The lowest BCUT2D eigenvalue weighted by Gasteiger charge is -2.11. The molecule has 2 aromatic heterocycles. The quantitative estimate of drug-likeness (QED) is 0.448. The lowest BCUT2D eigenvalue weighted by Crippen LogP contribution is -2.27. The minimum Gasteiger partial charge on any atom is -0.352 e. The molecule has 1 N–H and O–H groups in total. The predicted molar refractivity (Wildman–Crippen MR) is 123 cm³/mol. The van der Waals surface area contributed by atoms with Crippen LogP contribution in [0.1, 0.15) is 49.7 Å². The summed E-state index contributed by atoms with van der Waals surface area (Å²) in [6, 6.07) is 9.72. The first-order chi connectivity index (χ1) is 13.9. The predicted octanol–water partition coefficient (Wildman–Crippen LogP) is 6.43. The highest BCUT2D eigenvalue weighted by Gasteiger charge is 2.20. The molecular weight excluding hydrogens is 402 g/mol. The number of rotatable bonds is 8. The largest absolute Gasteiger partial charge is 0.352 e. The van der Waals surface area contributed by atoms with E-state index in [1.165, 1.54) is 0 Å². The summed E-state index contributed by atoms with van der Waals surface area (Å²) in [6.45, 7) is 9.92. The van der Waals surface area contributed by atoms with Crippen LogP contribution < -0.4 is 5.32 Å². The average molecular weight is 430 g/mol. The third-order valence-electron chi connectivity index (χ3n) is 4.89. The Labute approximate surface area is 181 Å². The van der Waals surface area contributed by atoms with E-state index in [1.807, 2.05) is 42.6 Å². The van der Waals surface area contributed by atoms with Crippen molar-refractivity contribution >= 4 is 28.8 Å². The van der Waals surface area contributed by atoms with Gasteiger partial charge in [-0.25, -0.2) is 4.98 Å². The summed E-state index contributed by atoms with van der Waals surface area (Å²) in [5.41, 5.74) is 4.52. The van der Waals surface area contributed by atoms with Gasteiger partial charge in [0.05, 0.1) is 22.0 Å². The topological polar surface area (TPSA) is 46.9 Å². The Morgan fingerprint density at radius 2 is 2.07 bits per heavy atom. The van der Waals surface area contributed by atoms with E-state index in [4.69, 9.17) is 16.6 Å². The molecule has 0 saturated carbocycles. The number of hydrogen-bond acceptors (Lipinski definition) is 3. The molecule has 1 aromatic carbocycles. The van der Waals surface area contributed by atoms with Crippen molar-refractivity contribution in [2.24, 2.45) is 5.92 Å². The lowest BCUT2D eigenvalue weighted by atomic mass is 10.2. The second-order valence-corrected chi connectivity index (χ2v) is 8.92. The fourth-order valence-electron chi connectivity index (χ4n) is 3.23. The third-order valence-corrected chi connectivity index (χ3v) is 6.09. The third kappa shape index (κ3) is 4.90. The van der Waals surface area contributed by atoms with Crippen LogP contribution in [0.5, 0.6) is 0 Å². The molecule has 154 valence electrons. The van der Waals surface area contributed by atoms with Crippen molar-refractivity contribution in [3.05, 3.63) is 52.0 Å². The number of halogens is 1. The molecule has 4 nitrogen and oxygen atoms in total. The van der Waals surface area contributed by atoms with Crippen molar-refractivity contribution in [3.63, 3.8) is 0 Å². The normalized spacial score (nSPS) is 11.2. The second-order valence-electron chi connectivity index (χ2n) is 7.66. The van der Waals surface area contributed by atoms with Crippen molar-refractivity contribution in [3.8, 4) is 22.0 Å². The summed E-state index contributed by atoms with van der Waals surface area (Å²) < 4.78 is 2.22. The zero-order valence-corrected chi connectivity index (χ0v) is 19.0. The maximum atomic E-state index is 12.8. The summed E-state index contributed by atoms with van der Waals surface area (Å²) in [5.74, 6) is 0.395. The van der Waals surface area contributed by atoms with Crippen LogP contribution >= 0.6 is 22.9 Å². The van der Waals surface area contributed by atoms with Gasteiger partial charge in [0.2, 0.25) is 0 Å². The van der Waals surface area contributed by atoms with Gasteiger partial charge < -0.3 is 9.88 Å². The molecule has 0 fully saturated rings. The van der Waals surface area contributed by atoms with Gasteiger partial charge in [-0.1, -0.05) is 57.0 Å². The van der Waals surface area contributed by atoms with E-state index in [1.54, 1.807) is 11.3 Å². The summed E-state index contributed by atoms with van der Waals surface area (Å²) in [5, 5.41) is 6.67. The highest BCUT2D eigenvalue weighted by molar-refractivity contribution is 7.13. The van der Waals surface area contributed by atoms with Crippen molar-refractivity contribution < 1.29 is 4.79 Å². The molecule has 0 bridgehead atoms. The number of thiazole rings is 1. The number of amides is 1. The summed E-state index contributed by atoms with van der Waals surface area (Å²) >= 11 is 7.93. The first kappa shape index (κ1) is 21.6. The smallest absolute Gasteiger partial charge is 0.253 e. The summed E-state index contributed by atoms with van der Waals surface area (Å²) in [7, 11) is 0. The SMILES string of the molecule is CCCCn1c(-c2csc(-c3ccccc3Cl)n2)cc(C(=O)NCC(C)C)c1C. The Hall–Kier alpha value is -2.11. The molecule has 3 aromatic rings. The Morgan fingerprint density at radius 1 is 1.31 bits per heavy atom. The van der Waals surface area contributed by atoms with Gasteiger partial charge in [0.1, 0.15) is 5.01 Å². The van der Waals surface area contributed by atoms with Crippen molar-refractivity contribution in [2.45, 2.75) is 47.1 Å². The first-order valence-electron chi connectivity index (χ1n) is 10.1. The molecule has 3 rings (SSSR count). The number of carbonyl (C=O) groups excluding carboxylic acids is 1. The van der Waals surface area contributed by atoms with E-state index in [9.17, 15) is 4.79 Å². The van der Waals surface area contributed by atoms with E-state index < -0.39 is 0 Å². The Morgan fingerprint density at radius 3 is 2.76 bits per heavy atom. The minimum atomic E-state index is -0.0192. The molecule has 0 atom stereocenters. The zero-order valence-electron chi connectivity index (χ0n) is 17.5. The minimum absolute atomic E-state index is 0.0192. The molecule has 0 unspecified atom stereocenters. The first-order valence-corrected chi connectivity index (χ1v) is 11.4. The molecule has 1 amide bonds. The monoisotopic (exact) mass is 429 g/mol. The molecule has 0 saturated heterocycles. The fraction of sp³-hybridized carbons (Fsp3) is 0.391. The Kier molecular flexibility index (Phi) is 7.14. The molecule has 0 radical (unpaired) electrons. The zero-order chi connectivity index (χ0) is 21.0. The van der Waals surface area contributed by atoms with Crippen LogP contribution in [-0.2, 0) is 6.54 Å². The van der Waals surface area contributed by atoms with E-state index in [0.717, 1.165) is 52.6 Å². The Bertz CT molecular complexity index is 990. The van der Waals surface area contributed by atoms with E-state index in [2.05, 4.69) is 30.7 Å². The standard InChI is InChI=1S/C23H28ClN3OS/c1-5-6-11-27-16(4)18(22(28)25-13-15(2)3)12-21(27)20-14-29-23(26-20)17-9-7-8-10-19(17)24/h7-10,12,14-15H,5-6,11,13H2,1-4H3,(H,25,28). The van der Waals surface area contributed by atoms with Gasteiger partial charge in [0, 0.05) is 29.7 Å². The van der Waals surface area contributed by atoms with Crippen molar-refractivity contribution in [1.82, 2.24) is 14.9 Å². The number of benzene rings is 1. The second kappa shape index (κ2) is 9.59. The van der Waals surface area contributed by atoms with Crippen molar-refractivity contribution in [2.75, 3.05) is 6.54 Å². The average Bonchev–Trinajstić information content (AvgIpc) is 3.30. The fourth-order valence-corrected chi connectivity index (χ4v) is 4.37. The van der Waals surface area contributed by atoms with Crippen molar-refractivity contribution in [1.29, 1.82) is 0 Å². The number of nitrogens with one attached hydrogen (secondary N) is 1. The Balaban J connectivity index is 1.99. The van der Waals surface area contributed by atoms with Gasteiger partial charge in [0.15, 0.2) is 0 Å². The van der Waals surface area contributed by atoms with Gasteiger partial charge in [-0.2, -0.15) is 0 Å². The van der Waals surface area contributed by atoms with Gasteiger partial charge >= 0.3 is 0 Å². The maximum Gasteiger partial charge on any atom is 0.253 e. The number of hydrogen-bond donors (Lipinski definition) is 1. The number of nitrogens with zero attached hydrogens (tertiary/aromatic N) is 2. The molecule has 29 heavy (non-hydrogen) atoms. The molecule has 6 heteroatoms. The van der Waals surface area contributed by atoms with Gasteiger partial charge in [-0.05, 0) is 31.4 Å². The van der Waals surface area contributed by atoms with Gasteiger partial charge in [-0.3, -0.25) is 4.79 Å². The van der Waals surface area contributed by atoms with Crippen LogP contribution in [-0.4, -0.2) is 22.0 Å². The van der Waals surface area contributed by atoms with E-state index in [-0.39, 0.29) is 5.91 Å². The molecular formula is C23H28ClN3OS. The molecule has 0 aliphatic heterocycles. The van der Waals surface area contributed by atoms with E-state index in [0.29, 0.717) is 17.5 Å². The molecule has 0 aliphatic carbocycles. The highest BCUT2D eigenvalue weighted by Crippen LogP contribution is 2.34. The molecule has 0 spiro atoms. The highest BCUT2D eigenvalue weighted by atomic mass is 35.5. The van der Waals surface area contributed by atoms with Crippen LogP contribution in [0.3, 0.4) is 0 Å². The van der Waals surface area contributed by atoms with E-state index >= 15 is 0 Å². The maximum absolute atomic E-state index is 12.8. The van der Waals surface area contributed by atoms with Crippen LogP contribution in [0.25, 0.3) is 22.0 Å². The number of unbranched alkanes of at least 4 members (excludes halogenated alkanes) is 1. The van der Waals surface area contributed by atoms with Crippen LogP contribution in [0, 0.1) is 12.8 Å². The van der Waals surface area contributed by atoms with Gasteiger partial charge in [0.25, 0.3) is 5.91 Å². The molecule has 0 aliphatic rings. The summed E-state index contributed by atoms with van der Waals surface area (Å²) in [6.07, 6.45) is 2.14. The van der Waals surface area contributed by atoms with Crippen LogP contribution in [0.2, 0.25) is 5.02 Å².